The fraction of sp³-hybridized carbons (Fsp3) is 0.438. The third-order valence-electron chi connectivity index (χ3n) is 13.4. The van der Waals surface area contributed by atoms with Crippen molar-refractivity contribution in [3.05, 3.63) is 125 Å². The van der Waals surface area contributed by atoms with Crippen molar-refractivity contribution in [3.8, 4) is 11.3 Å². The highest BCUT2D eigenvalue weighted by molar-refractivity contribution is 5.87. The van der Waals surface area contributed by atoms with E-state index < -0.39 is 29.8 Å². The average molecular weight is 860 g/mol. The summed E-state index contributed by atoms with van der Waals surface area (Å²) in [6.07, 6.45) is 10.6. The second-order valence-corrected chi connectivity index (χ2v) is 17.2. The van der Waals surface area contributed by atoms with E-state index >= 15 is 8.78 Å². The number of halogens is 2. The number of methoxy groups -OCH3 is 1. The Morgan fingerprint density at radius 2 is 1.29 bits per heavy atom. The second-order valence-electron chi connectivity index (χ2n) is 17.2. The van der Waals surface area contributed by atoms with Gasteiger partial charge in [-0.2, -0.15) is 0 Å². The van der Waals surface area contributed by atoms with E-state index in [2.05, 4.69) is 37.3 Å². The lowest BCUT2D eigenvalue weighted by atomic mass is 9.93. The Bertz CT molecular complexity index is 2360. The number of ether oxygens (including phenoxy) is 1. The number of amides is 3. The van der Waals surface area contributed by atoms with Crippen LogP contribution in [-0.2, 0) is 14.3 Å². The quantitative estimate of drug-likeness (QED) is 0.121. The number of H-pyrrole nitrogens is 2. The fourth-order valence-corrected chi connectivity index (χ4v) is 10.2. The zero-order valence-corrected chi connectivity index (χ0v) is 35.6. The van der Waals surface area contributed by atoms with Gasteiger partial charge in [0.1, 0.15) is 41.1 Å². The van der Waals surface area contributed by atoms with Gasteiger partial charge < -0.3 is 34.7 Å². The van der Waals surface area contributed by atoms with Crippen LogP contribution in [0.25, 0.3) is 11.3 Å². The summed E-state index contributed by atoms with van der Waals surface area (Å²) in [5.74, 6) is -0.0641. The Morgan fingerprint density at radius 3 is 1.92 bits per heavy atom. The Morgan fingerprint density at radius 1 is 0.698 bits per heavy atom. The molecule has 0 aliphatic carbocycles. The number of likely N-dealkylation sites (tertiary alicyclic amines) is 3. The standard InChI is InChI=1S/C48H55F2N9O4/c1-63-48(62)55-41(32-13-5-2-6-14-32)46(60)58-23-11-17-39(58)44-52-30-38(54-44)34-27-35(49)43(36(50)28-34)57-25-19-31(20-26-57)37-29-51-45(53-37)40-18-12-24-59(40)47(61)42(33-15-7-3-8-16-33)56-21-9-4-10-22-56/h2-3,5-8,13-16,27-31,39-42H,4,9-12,17-26H2,1H3,(H,51,53)(H,52,54)(H,55,62). The first-order valence-electron chi connectivity index (χ1n) is 22.4. The molecule has 4 saturated heterocycles. The SMILES string of the molecule is COC(=O)NC(C(=O)N1CCCC1c1ncc(-c2cc(F)c(N3CCC(c4cnc(C5CCCN5C(=O)C(c5ccccc5)N5CCCCC5)[nH]4)CC3)c(F)c2)[nH]1)c1ccccc1. The highest BCUT2D eigenvalue weighted by Gasteiger charge is 2.40. The first kappa shape index (κ1) is 42.2. The Labute approximate surface area is 366 Å². The van der Waals surface area contributed by atoms with Gasteiger partial charge in [-0.05, 0) is 87.7 Å². The number of aromatic nitrogens is 4. The normalized spacial score (nSPS) is 20.8. The van der Waals surface area contributed by atoms with Gasteiger partial charge in [0.05, 0.1) is 31.1 Å². The highest BCUT2D eigenvalue weighted by Crippen LogP contribution is 2.39. The molecule has 4 aliphatic rings. The zero-order valence-electron chi connectivity index (χ0n) is 35.6. The fourth-order valence-electron chi connectivity index (χ4n) is 10.2. The van der Waals surface area contributed by atoms with Crippen LogP contribution in [0.1, 0.15) is 116 Å². The predicted molar refractivity (Wildman–Crippen MR) is 233 cm³/mol. The van der Waals surface area contributed by atoms with E-state index in [1.54, 1.807) is 34.1 Å². The molecular formula is C48H55F2N9O4. The summed E-state index contributed by atoms with van der Waals surface area (Å²) in [5, 5.41) is 2.66. The molecule has 4 unspecified atom stereocenters. The number of carbonyl (C=O) groups is 3. The molecular weight excluding hydrogens is 805 g/mol. The lowest BCUT2D eigenvalue weighted by molar-refractivity contribution is -0.139. The maximum absolute atomic E-state index is 16.0. The molecule has 0 spiro atoms. The van der Waals surface area contributed by atoms with Gasteiger partial charge in [-0.3, -0.25) is 14.5 Å². The third-order valence-corrected chi connectivity index (χ3v) is 13.4. The molecule has 63 heavy (non-hydrogen) atoms. The molecule has 0 saturated carbocycles. The molecule has 6 heterocycles. The number of hydrogen-bond donors (Lipinski definition) is 3. The number of carbonyl (C=O) groups excluding carboxylic acids is 3. The van der Waals surface area contributed by atoms with Gasteiger partial charge in [0.15, 0.2) is 0 Å². The van der Waals surface area contributed by atoms with Crippen LogP contribution < -0.4 is 10.2 Å². The van der Waals surface area contributed by atoms with Gasteiger partial charge in [-0.15, -0.1) is 0 Å². The molecule has 13 nitrogen and oxygen atoms in total. The number of imidazole rings is 2. The Balaban J connectivity index is 0.845. The summed E-state index contributed by atoms with van der Waals surface area (Å²) in [6.45, 7) is 3.90. The Hall–Kier alpha value is -6.09. The predicted octanol–water partition coefficient (Wildman–Crippen LogP) is 8.11. The summed E-state index contributed by atoms with van der Waals surface area (Å²) in [6, 6.07) is 19.9. The molecule has 4 fully saturated rings. The van der Waals surface area contributed by atoms with Crippen molar-refractivity contribution in [2.45, 2.75) is 87.9 Å². The van der Waals surface area contributed by atoms with Crippen molar-refractivity contribution in [3.63, 3.8) is 0 Å². The van der Waals surface area contributed by atoms with Gasteiger partial charge in [0, 0.05) is 49.6 Å². The van der Waals surface area contributed by atoms with E-state index in [1.807, 2.05) is 35.4 Å². The number of nitrogens with zero attached hydrogens (tertiary/aromatic N) is 6. The number of aromatic amines is 2. The van der Waals surface area contributed by atoms with Crippen molar-refractivity contribution in [1.82, 2.24) is 40.0 Å². The average Bonchev–Trinajstić information content (AvgIpc) is 4.17. The summed E-state index contributed by atoms with van der Waals surface area (Å²) in [4.78, 5) is 64.6. The van der Waals surface area contributed by atoms with Crippen molar-refractivity contribution in [2.24, 2.45) is 0 Å². The number of piperidine rings is 2. The Kier molecular flexibility index (Phi) is 12.5. The number of benzene rings is 3. The van der Waals surface area contributed by atoms with Crippen LogP contribution in [0.5, 0.6) is 0 Å². The number of anilines is 1. The maximum atomic E-state index is 16.0. The third kappa shape index (κ3) is 8.80. The largest absolute Gasteiger partial charge is 0.453 e. The van der Waals surface area contributed by atoms with Crippen molar-refractivity contribution >= 4 is 23.6 Å². The lowest BCUT2D eigenvalue weighted by Gasteiger charge is -2.37. The summed E-state index contributed by atoms with van der Waals surface area (Å²) >= 11 is 0. The molecule has 0 bridgehead atoms. The zero-order chi connectivity index (χ0) is 43.5. The number of rotatable bonds is 11. The minimum absolute atomic E-state index is 0.0540. The molecule has 15 heteroatoms. The molecule has 3 aromatic carbocycles. The molecule has 3 amide bonds. The van der Waals surface area contributed by atoms with Crippen LogP contribution in [0.15, 0.2) is 85.2 Å². The van der Waals surface area contributed by atoms with Gasteiger partial charge >= 0.3 is 6.09 Å². The molecule has 2 aromatic heterocycles. The van der Waals surface area contributed by atoms with E-state index in [-0.39, 0.29) is 35.5 Å². The number of hydrogen-bond acceptors (Lipinski definition) is 8. The summed E-state index contributed by atoms with van der Waals surface area (Å²) in [7, 11) is 1.25. The molecule has 5 aromatic rings. The van der Waals surface area contributed by atoms with Crippen LogP contribution >= 0.6 is 0 Å². The van der Waals surface area contributed by atoms with Gasteiger partial charge in [0.25, 0.3) is 5.91 Å². The van der Waals surface area contributed by atoms with Crippen LogP contribution in [0.4, 0.5) is 19.3 Å². The molecule has 4 aliphatic heterocycles. The van der Waals surface area contributed by atoms with E-state index in [0.29, 0.717) is 68.1 Å². The number of alkyl carbamates (subject to hydrolysis) is 1. The lowest BCUT2D eigenvalue weighted by Crippen LogP contribution is -2.44. The van der Waals surface area contributed by atoms with Crippen LogP contribution in [-0.4, -0.2) is 98.9 Å². The molecule has 0 radical (unpaired) electrons. The van der Waals surface area contributed by atoms with Gasteiger partial charge in [-0.25, -0.2) is 23.5 Å². The first-order valence-corrected chi connectivity index (χ1v) is 22.4. The monoisotopic (exact) mass is 859 g/mol. The van der Waals surface area contributed by atoms with Gasteiger partial charge in [-0.1, -0.05) is 67.1 Å². The van der Waals surface area contributed by atoms with Gasteiger partial charge in [0.2, 0.25) is 5.91 Å². The first-order chi connectivity index (χ1) is 30.8. The van der Waals surface area contributed by atoms with Crippen molar-refractivity contribution in [1.29, 1.82) is 0 Å². The number of nitrogens with one attached hydrogen (secondary N) is 3. The van der Waals surface area contributed by atoms with E-state index in [1.165, 1.54) is 31.9 Å². The molecule has 9 rings (SSSR count). The van der Waals surface area contributed by atoms with Crippen LogP contribution in [0, 0.1) is 11.6 Å². The smallest absolute Gasteiger partial charge is 0.407 e. The highest BCUT2D eigenvalue weighted by atomic mass is 19.1. The molecule has 330 valence electrons. The second kappa shape index (κ2) is 18.7. The van der Waals surface area contributed by atoms with Crippen molar-refractivity contribution in [2.75, 3.05) is 51.3 Å². The summed E-state index contributed by atoms with van der Waals surface area (Å²) < 4.78 is 36.7. The minimum atomic E-state index is -0.964. The maximum Gasteiger partial charge on any atom is 0.407 e. The minimum Gasteiger partial charge on any atom is -0.453 e. The van der Waals surface area contributed by atoms with E-state index in [9.17, 15) is 14.4 Å². The van der Waals surface area contributed by atoms with E-state index in [4.69, 9.17) is 9.72 Å². The topological polar surface area (TPSA) is 143 Å². The molecule has 3 N–H and O–H groups in total. The van der Waals surface area contributed by atoms with Crippen LogP contribution in [0.2, 0.25) is 0 Å². The van der Waals surface area contributed by atoms with E-state index in [0.717, 1.165) is 62.3 Å². The molecule has 4 atom stereocenters. The van der Waals surface area contributed by atoms with Crippen LogP contribution in [0.3, 0.4) is 0 Å². The summed E-state index contributed by atoms with van der Waals surface area (Å²) in [5.41, 5.74) is 3.32. The van der Waals surface area contributed by atoms with Crippen molar-refractivity contribution < 1.29 is 27.9 Å².